The summed E-state index contributed by atoms with van der Waals surface area (Å²) in [5.74, 6) is -0.103. The van der Waals surface area contributed by atoms with Gasteiger partial charge in [0, 0.05) is 25.6 Å². The summed E-state index contributed by atoms with van der Waals surface area (Å²) in [6.45, 7) is 4.37. The predicted molar refractivity (Wildman–Crippen MR) is 114 cm³/mol. The number of nitrogens with two attached hydrogens (primary N) is 2. The highest BCUT2D eigenvalue weighted by atomic mass is 32.1. The average molecular weight is 430 g/mol. The van der Waals surface area contributed by atoms with Crippen LogP contribution in [0.5, 0.6) is 5.75 Å². The van der Waals surface area contributed by atoms with Crippen LogP contribution in [0.4, 0.5) is 0 Å². The van der Waals surface area contributed by atoms with E-state index >= 15 is 0 Å². The van der Waals surface area contributed by atoms with Crippen molar-refractivity contribution in [2.75, 3.05) is 13.7 Å². The molecule has 0 radical (unpaired) electrons. The van der Waals surface area contributed by atoms with Crippen LogP contribution in [0.15, 0.2) is 33.7 Å². The topological polar surface area (TPSA) is 139 Å². The summed E-state index contributed by atoms with van der Waals surface area (Å²) >= 11 is 1.25. The van der Waals surface area contributed by atoms with Crippen molar-refractivity contribution in [1.29, 1.82) is 0 Å². The number of thiazole rings is 1. The Morgan fingerprint density at radius 1 is 1.37 bits per heavy atom. The molecule has 4 N–H and O–H groups in total. The molecule has 1 aromatic carbocycles. The molecule has 2 amide bonds. The number of amides is 2. The standard InChI is InChI=1S/C20H23N5O4S/c1-4-13-17(29-11(2)23-13)19(27)24-20-25(8-6-5-7-21)16-14(28-3)9-12(18(22)26)10-15(16)30-20/h5-6,9-10H,4,7-8,21H2,1-3H3,(H2,22,26)/b6-5-,24-20?. The van der Waals surface area contributed by atoms with Crippen LogP contribution in [0.1, 0.15) is 39.4 Å². The summed E-state index contributed by atoms with van der Waals surface area (Å²) in [6, 6.07) is 3.23. The number of rotatable bonds is 7. The lowest BCUT2D eigenvalue weighted by atomic mass is 10.2. The number of hydrogen-bond acceptors (Lipinski definition) is 7. The number of ether oxygens (including phenoxy) is 1. The molecule has 0 spiro atoms. The van der Waals surface area contributed by atoms with Gasteiger partial charge in [-0.05, 0) is 18.6 Å². The molecule has 0 aliphatic heterocycles. The van der Waals surface area contributed by atoms with E-state index in [4.69, 9.17) is 20.6 Å². The Hall–Kier alpha value is -3.24. The van der Waals surface area contributed by atoms with Gasteiger partial charge in [-0.15, -0.1) is 0 Å². The molecule has 3 rings (SSSR count). The van der Waals surface area contributed by atoms with Crippen molar-refractivity contribution in [2.45, 2.75) is 26.8 Å². The second-order valence-electron chi connectivity index (χ2n) is 6.37. The Morgan fingerprint density at radius 2 is 2.13 bits per heavy atom. The first-order chi connectivity index (χ1) is 14.4. The minimum Gasteiger partial charge on any atom is -0.494 e. The summed E-state index contributed by atoms with van der Waals surface area (Å²) in [4.78, 5) is 33.5. The van der Waals surface area contributed by atoms with Crippen molar-refractivity contribution in [3.8, 4) is 5.75 Å². The number of aromatic nitrogens is 2. The quantitative estimate of drug-likeness (QED) is 0.550. The number of primary amides is 1. The van der Waals surface area contributed by atoms with E-state index in [0.29, 0.717) is 57.4 Å². The van der Waals surface area contributed by atoms with Gasteiger partial charge in [-0.25, -0.2) is 4.98 Å². The fourth-order valence-corrected chi connectivity index (χ4v) is 4.11. The summed E-state index contributed by atoms with van der Waals surface area (Å²) in [6.07, 6.45) is 4.23. The molecule has 0 saturated heterocycles. The van der Waals surface area contributed by atoms with Crippen LogP contribution >= 0.6 is 11.3 Å². The molecule has 0 atom stereocenters. The second-order valence-corrected chi connectivity index (χ2v) is 7.38. The van der Waals surface area contributed by atoms with Gasteiger partial charge in [0.2, 0.25) is 11.7 Å². The number of benzene rings is 1. The van der Waals surface area contributed by atoms with Gasteiger partial charge < -0.3 is 25.2 Å². The van der Waals surface area contributed by atoms with E-state index in [1.807, 2.05) is 17.6 Å². The van der Waals surface area contributed by atoms with Gasteiger partial charge in [-0.3, -0.25) is 9.59 Å². The second kappa shape index (κ2) is 9.06. The zero-order valence-electron chi connectivity index (χ0n) is 17.0. The first-order valence-corrected chi connectivity index (χ1v) is 10.1. The SMILES string of the molecule is CCc1nc(C)oc1C(=O)N=c1sc2cc(C(N)=O)cc(OC)c2n1C/C=C\CN. The monoisotopic (exact) mass is 429 g/mol. The zero-order valence-corrected chi connectivity index (χ0v) is 17.8. The Morgan fingerprint density at radius 3 is 2.77 bits per heavy atom. The van der Waals surface area contributed by atoms with E-state index in [1.165, 1.54) is 18.4 Å². The maximum Gasteiger partial charge on any atom is 0.317 e. The van der Waals surface area contributed by atoms with Gasteiger partial charge in [0.1, 0.15) is 11.3 Å². The van der Waals surface area contributed by atoms with Gasteiger partial charge >= 0.3 is 5.91 Å². The molecule has 10 heteroatoms. The molecule has 0 unspecified atom stereocenters. The van der Waals surface area contributed by atoms with E-state index < -0.39 is 11.8 Å². The van der Waals surface area contributed by atoms with Crippen molar-refractivity contribution >= 4 is 33.4 Å². The minimum atomic E-state index is -0.572. The van der Waals surface area contributed by atoms with Gasteiger partial charge in [0.15, 0.2) is 10.7 Å². The van der Waals surface area contributed by atoms with Crippen LogP contribution in [0.2, 0.25) is 0 Å². The molecule has 9 nitrogen and oxygen atoms in total. The Kier molecular flexibility index (Phi) is 6.48. The Bertz CT molecular complexity index is 1200. The molecule has 0 saturated carbocycles. The highest BCUT2D eigenvalue weighted by Crippen LogP contribution is 2.29. The lowest BCUT2D eigenvalue weighted by Crippen LogP contribution is -2.17. The fraction of sp³-hybridized carbons (Fsp3) is 0.300. The molecule has 158 valence electrons. The largest absolute Gasteiger partial charge is 0.494 e. The number of hydrogen-bond donors (Lipinski definition) is 2. The average Bonchev–Trinajstić information content (AvgIpc) is 3.27. The minimum absolute atomic E-state index is 0.126. The van der Waals surface area contributed by atoms with E-state index in [0.717, 1.165) is 0 Å². The van der Waals surface area contributed by atoms with Gasteiger partial charge in [-0.1, -0.05) is 30.4 Å². The molecular formula is C20H23N5O4S. The van der Waals surface area contributed by atoms with Crippen molar-refractivity contribution in [1.82, 2.24) is 9.55 Å². The first kappa shape index (κ1) is 21.5. The third-order valence-corrected chi connectivity index (χ3v) is 5.39. The van der Waals surface area contributed by atoms with E-state index in [1.54, 1.807) is 25.1 Å². The summed E-state index contributed by atoms with van der Waals surface area (Å²) < 4.78 is 13.5. The molecule has 0 bridgehead atoms. The highest BCUT2D eigenvalue weighted by molar-refractivity contribution is 7.16. The number of nitrogens with zero attached hydrogens (tertiary/aromatic N) is 3. The third kappa shape index (κ3) is 4.19. The number of carbonyl (C=O) groups is 2. The van der Waals surface area contributed by atoms with Crippen LogP contribution in [0.3, 0.4) is 0 Å². The van der Waals surface area contributed by atoms with Crippen LogP contribution in [-0.4, -0.2) is 35.0 Å². The van der Waals surface area contributed by atoms with Crippen molar-refractivity contribution in [3.05, 3.63) is 52.0 Å². The Labute approximate surface area is 176 Å². The fourth-order valence-electron chi connectivity index (χ4n) is 3.02. The van der Waals surface area contributed by atoms with Crippen molar-refractivity contribution in [3.63, 3.8) is 0 Å². The number of carbonyl (C=O) groups excluding carboxylic acids is 2. The van der Waals surface area contributed by atoms with Crippen LogP contribution in [-0.2, 0) is 13.0 Å². The molecule has 3 aromatic rings. The number of aryl methyl sites for hydroxylation is 2. The summed E-state index contributed by atoms with van der Waals surface area (Å²) in [5, 5.41) is 0. The van der Waals surface area contributed by atoms with Gasteiger partial charge in [0.25, 0.3) is 0 Å². The summed E-state index contributed by atoms with van der Waals surface area (Å²) in [7, 11) is 1.50. The molecule has 2 heterocycles. The number of allylic oxidation sites excluding steroid dienone is 1. The van der Waals surface area contributed by atoms with Gasteiger partial charge in [0.05, 0.1) is 17.5 Å². The predicted octanol–water partition coefficient (Wildman–Crippen LogP) is 1.93. The maximum absolute atomic E-state index is 12.8. The normalized spacial score (nSPS) is 12.2. The smallest absolute Gasteiger partial charge is 0.317 e. The summed E-state index contributed by atoms with van der Waals surface area (Å²) in [5.41, 5.74) is 12.6. The zero-order chi connectivity index (χ0) is 21.8. The first-order valence-electron chi connectivity index (χ1n) is 9.31. The van der Waals surface area contributed by atoms with Crippen LogP contribution in [0, 0.1) is 6.92 Å². The number of oxazole rings is 1. The molecule has 2 aromatic heterocycles. The molecule has 0 fully saturated rings. The highest BCUT2D eigenvalue weighted by Gasteiger charge is 2.19. The lowest BCUT2D eigenvalue weighted by molar-refractivity contribution is 0.0967. The molecule has 0 aliphatic carbocycles. The molecule has 0 aliphatic rings. The number of methoxy groups -OCH3 is 1. The van der Waals surface area contributed by atoms with Crippen molar-refractivity contribution in [2.24, 2.45) is 16.5 Å². The van der Waals surface area contributed by atoms with E-state index in [9.17, 15) is 9.59 Å². The van der Waals surface area contributed by atoms with Crippen LogP contribution in [0.25, 0.3) is 10.2 Å². The maximum atomic E-state index is 12.8. The van der Waals surface area contributed by atoms with Gasteiger partial charge in [-0.2, -0.15) is 4.99 Å². The van der Waals surface area contributed by atoms with E-state index in [2.05, 4.69) is 9.98 Å². The molecule has 30 heavy (non-hydrogen) atoms. The lowest BCUT2D eigenvalue weighted by Gasteiger charge is -2.08. The number of fused-ring (bicyclic) bond motifs is 1. The molecular weight excluding hydrogens is 406 g/mol. The third-order valence-electron chi connectivity index (χ3n) is 4.37. The van der Waals surface area contributed by atoms with E-state index in [-0.39, 0.29) is 5.76 Å². The Balaban J connectivity index is 2.24. The van der Waals surface area contributed by atoms with Crippen LogP contribution < -0.4 is 21.0 Å². The van der Waals surface area contributed by atoms with Crippen molar-refractivity contribution < 1.29 is 18.7 Å².